The SMILES string of the molecule is COc1nc(OC2CCc3c(-c4cccc5c4CCC5Oc4ccc(C=O)c(OC)n4)cccc32)ccc1C=O. The van der Waals surface area contributed by atoms with Crippen LogP contribution in [0, 0.1) is 0 Å². The number of hydrogen-bond acceptors (Lipinski definition) is 8. The number of carbonyl (C=O) groups excluding carboxylic acids is 2. The monoisotopic (exact) mass is 536 g/mol. The molecule has 2 atom stereocenters. The van der Waals surface area contributed by atoms with Crippen molar-refractivity contribution in [2.75, 3.05) is 14.2 Å². The molecule has 0 N–H and O–H groups in total. The summed E-state index contributed by atoms with van der Waals surface area (Å²) in [6.07, 6.45) is 4.59. The van der Waals surface area contributed by atoms with Gasteiger partial charge in [-0.05, 0) is 71.2 Å². The van der Waals surface area contributed by atoms with Crippen molar-refractivity contribution in [2.24, 2.45) is 0 Å². The van der Waals surface area contributed by atoms with Crippen LogP contribution in [0.5, 0.6) is 23.5 Å². The van der Waals surface area contributed by atoms with Crippen molar-refractivity contribution in [3.05, 3.63) is 94.0 Å². The predicted octanol–water partition coefficient (Wildman–Crippen LogP) is 5.92. The third kappa shape index (κ3) is 4.55. The summed E-state index contributed by atoms with van der Waals surface area (Å²) in [5.74, 6) is 1.37. The van der Waals surface area contributed by atoms with E-state index in [-0.39, 0.29) is 24.0 Å². The number of nitrogens with zero attached hydrogens (tertiary/aromatic N) is 2. The van der Waals surface area contributed by atoms with Crippen LogP contribution in [0.1, 0.15) is 68.0 Å². The molecule has 202 valence electrons. The second kappa shape index (κ2) is 10.8. The minimum Gasteiger partial charge on any atom is -0.480 e. The average Bonchev–Trinajstić information content (AvgIpc) is 3.61. The maximum absolute atomic E-state index is 11.2. The fraction of sp³-hybridized carbons (Fsp3) is 0.250. The van der Waals surface area contributed by atoms with Crippen LogP contribution in [0.15, 0.2) is 60.7 Å². The summed E-state index contributed by atoms with van der Waals surface area (Å²) < 4.78 is 23.0. The molecule has 0 fully saturated rings. The van der Waals surface area contributed by atoms with Crippen LogP contribution in [0.3, 0.4) is 0 Å². The number of aromatic nitrogens is 2. The highest BCUT2D eigenvalue weighted by Crippen LogP contribution is 2.45. The molecule has 0 spiro atoms. The molecule has 0 amide bonds. The van der Waals surface area contributed by atoms with E-state index in [2.05, 4.69) is 46.4 Å². The number of rotatable bonds is 9. The largest absolute Gasteiger partial charge is 0.480 e. The molecule has 4 aromatic rings. The molecular weight excluding hydrogens is 508 g/mol. The van der Waals surface area contributed by atoms with Gasteiger partial charge >= 0.3 is 0 Å². The van der Waals surface area contributed by atoms with E-state index in [1.165, 1.54) is 36.5 Å². The molecule has 0 bridgehead atoms. The topological polar surface area (TPSA) is 96.8 Å². The lowest BCUT2D eigenvalue weighted by Gasteiger charge is -2.18. The second-order valence-corrected chi connectivity index (χ2v) is 9.77. The lowest BCUT2D eigenvalue weighted by Crippen LogP contribution is -2.06. The maximum Gasteiger partial charge on any atom is 0.227 e. The quantitative estimate of drug-likeness (QED) is 0.243. The first-order valence-electron chi connectivity index (χ1n) is 13.2. The van der Waals surface area contributed by atoms with Gasteiger partial charge in [-0.15, -0.1) is 0 Å². The second-order valence-electron chi connectivity index (χ2n) is 9.77. The molecule has 0 saturated carbocycles. The average molecular weight is 537 g/mol. The number of benzene rings is 2. The van der Waals surface area contributed by atoms with Crippen LogP contribution in [0.2, 0.25) is 0 Å². The molecule has 0 saturated heterocycles. The Morgan fingerprint density at radius 3 is 1.50 bits per heavy atom. The molecular formula is C32H28N2O6. The predicted molar refractivity (Wildman–Crippen MR) is 148 cm³/mol. The zero-order valence-electron chi connectivity index (χ0n) is 22.3. The van der Waals surface area contributed by atoms with Gasteiger partial charge < -0.3 is 18.9 Å². The van der Waals surface area contributed by atoms with Crippen molar-refractivity contribution < 1.29 is 28.5 Å². The highest BCUT2D eigenvalue weighted by molar-refractivity contribution is 5.79. The summed E-state index contributed by atoms with van der Waals surface area (Å²) >= 11 is 0. The van der Waals surface area contributed by atoms with Crippen molar-refractivity contribution in [2.45, 2.75) is 37.9 Å². The molecule has 0 radical (unpaired) electrons. The minimum atomic E-state index is -0.141. The summed E-state index contributed by atoms with van der Waals surface area (Å²) in [4.78, 5) is 31.2. The van der Waals surface area contributed by atoms with Gasteiger partial charge in [0.1, 0.15) is 12.2 Å². The number of ether oxygens (including phenoxy) is 4. The minimum absolute atomic E-state index is 0.141. The van der Waals surface area contributed by atoms with Crippen LogP contribution in [-0.2, 0) is 12.8 Å². The highest BCUT2D eigenvalue weighted by atomic mass is 16.5. The molecule has 6 rings (SSSR count). The Bertz CT molecular complexity index is 1480. The van der Waals surface area contributed by atoms with Gasteiger partial charge in [0.15, 0.2) is 12.6 Å². The van der Waals surface area contributed by atoms with Gasteiger partial charge in [-0.25, -0.2) is 0 Å². The van der Waals surface area contributed by atoms with Crippen LogP contribution < -0.4 is 18.9 Å². The number of aldehydes is 2. The fourth-order valence-corrected chi connectivity index (χ4v) is 5.78. The Hall–Kier alpha value is -4.72. The van der Waals surface area contributed by atoms with Gasteiger partial charge in [0, 0.05) is 12.1 Å². The lowest BCUT2D eigenvalue weighted by molar-refractivity contribution is 0.111. The lowest BCUT2D eigenvalue weighted by atomic mass is 9.91. The Morgan fingerprint density at radius 1 is 0.650 bits per heavy atom. The number of hydrogen-bond donors (Lipinski definition) is 0. The van der Waals surface area contributed by atoms with Gasteiger partial charge in [-0.2, -0.15) is 9.97 Å². The molecule has 2 unspecified atom stereocenters. The summed E-state index contributed by atoms with van der Waals surface area (Å²) in [6.45, 7) is 0. The summed E-state index contributed by atoms with van der Waals surface area (Å²) in [5.41, 5.74) is 8.03. The Labute approximate surface area is 231 Å². The zero-order chi connectivity index (χ0) is 27.6. The summed E-state index contributed by atoms with van der Waals surface area (Å²) in [5, 5.41) is 0. The number of fused-ring (bicyclic) bond motifs is 2. The molecule has 2 aromatic carbocycles. The van der Waals surface area contributed by atoms with E-state index in [4.69, 9.17) is 18.9 Å². The van der Waals surface area contributed by atoms with Crippen molar-refractivity contribution in [1.82, 2.24) is 9.97 Å². The summed E-state index contributed by atoms with van der Waals surface area (Å²) in [6, 6.07) is 19.5. The van der Waals surface area contributed by atoms with E-state index in [0.717, 1.165) is 49.4 Å². The van der Waals surface area contributed by atoms with E-state index in [1.807, 2.05) is 0 Å². The van der Waals surface area contributed by atoms with Crippen LogP contribution in [-0.4, -0.2) is 36.8 Å². The van der Waals surface area contributed by atoms with E-state index in [0.29, 0.717) is 22.9 Å². The van der Waals surface area contributed by atoms with Crippen molar-refractivity contribution >= 4 is 12.6 Å². The van der Waals surface area contributed by atoms with Crippen LogP contribution in [0.25, 0.3) is 11.1 Å². The normalized spacial score (nSPS) is 17.1. The molecule has 8 heteroatoms. The molecule has 2 aromatic heterocycles. The van der Waals surface area contributed by atoms with E-state index in [9.17, 15) is 9.59 Å². The Balaban J connectivity index is 1.27. The molecule has 0 aliphatic heterocycles. The van der Waals surface area contributed by atoms with Gasteiger partial charge in [-0.3, -0.25) is 9.59 Å². The zero-order valence-corrected chi connectivity index (χ0v) is 22.3. The van der Waals surface area contributed by atoms with Gasteiger partial charge in [0.25, 0.3) is 0 Å². The smallest absolute Gasteiger partial charge is 0.227 e. The first-order valence-corrected chi connectivity index (χ1v) is 13.2. The van der Waals surface area contributed by atoms with Crippen LogP contribution >= 0.6 is 0 Å². The maximum atomic E-state index is 11.2. The van der Waals surface area contributed by atoms with E-state index in [1.54, 1.807) is 24.3 Å². The summed E-state index contributed by atoms with van der Waals surface area (Å²) in [7, 11) is 2.97. The van der Waals surface area contributed by atoms with Gasteiger partial charge in [0.2, 0.25) is 23.5 Å². The van der Waals surface area contributed by atoms with Crippen LogP contribution in [0.4, 0.5) is 0 Å². The number of pyridine rings is 2. The Morgan fingerprint density at radius 2 is 1.10 bits per heavy atom. The molecule has 2 heterocycles. The Kier molecular flexibility index (Phi) is 6.90. The third-order valence-corrected chi connectivity index (χ3v) is 7.62. The fourth-order valence-electron chi connectivity index (χ4n) is 5.78. The molecule has 40 heavy (non-hydrogen) atoms. The number of carbonyl (C=O) groups is 2. The standard InChI is InChI=1S/C32H28N2O6/c1-37-31-19(17-35)9-15-29(33-31)39-27-13-11-23-21(5-3-7-25(23)27)22-6-4-8-26-24(22)12-14-28(26)40-30-16-10-20(18-36)32(34-30)38-2/h3-10,15-18,27-28H,11-14H2,1-2H3. The first kappa shape index (κ1) is 25.6. The van der Waals surface area contributed by atoms with Crippen molar-refractivity contribution in [1.29, 1.82) is 0 Å². The van der Waals surface area contributed by atoms with Crippen molar-refractivity contribution in [3.63, 3.8) is 0 Å². The first-order chi connectivity index (χ1) is 19.6. The van der Waals surface area contributed by atoms with Gasteiger partial charge in [-0.1, -0.05) is 36.4 Å². The molecule has 8 nitrogen and oxygen atoms in total. The van der Waals surface area contributed by atoms with Crippen molar-refractivity contribution in [3.8, 4) is 34.6 Å². The molecule has 2 aliphatic rings. The third-order valence-electron chi connectivity index (χ3n) is 7.62. The van der Waals surface area contributed by atoms with Gasteiger partial charge in [0.05, 0.1) is 25.3 Å². The highest BCUT2D eigenvalue weighted by Gasteiger charge is 2.31. The van der Waals surface area contributed by atoms with E-state index >= 15 is 0 Å². The van der Waals surface area contributed by atoms with E-state index < -0.39 is 0 Å². The number of methoxy groups -OCH3 is 2. The molecule has 2 aliphatic carbocycles.